The van der Waals surface area contributed by atoms with Crippen LogP contribution < -0.4 is 49.1 Å². The maximum absolute atomic E-state index is 14.5. The third kappa shape index (κ3) is 14.0. The summed E-state index contributed by atoms with van der Waals surface area (Å²) >= 11 is 0. The number of aromatic nitrogens is 1. The second kappa shape index (κ2) is 23.6. The maximum atomic E-state index is 14.5. The Morgan fingerprint density at radius 2 is 1.51 bits per heavy atom. The van der Waals surface area contributed by atoms with E-state index in [4.69, 9.17) is 17.2 Å². The molecule has 19 nitrogen and oxygen atoms in total. The first kappa shape index (κ1) is 47.5. The highest BCUT2D eigenvalue weighted by Gasteiger charge is 2.40. The fraction of sp³-hybridized carbons (Fsp3) is 0.500. The second-order valence-corrected chi connectivity index (χ2v) is 16.1. The largest absolute Gasteiger partial charge is 0.370 e. The summed E-state index contributed by atoms with van der Waals surface area (Å²) in [7, 11) is 0. The average Bonchev–Trinajstić information content (AvgIpc) is 3.92. The van der Waals surface area contributed by atoms with Crippen molar-refractivity contribution in [3.8, 4) is 0 Å². The normalized spacial score (nSPS) is 22.0. The first-order valence-electron chi connectivity index (χ1n) is 21.8. The van der Waals surface area contributed by atoms with E-state index in [1.54, 1.807) is 6.20 Å². The Balaban J connectivity index is 1.46. The number of rotatable bonds is 15. The third-order valence-electron chi connectivity index (χ3n) is 11.3. The van der Waals surface area contributed by atoms with Gasteiger partial charge in [0.25, 0.3) is 0 Å². The van der Waals surface area contributed by atoms with Crippen molar-refractivity contribution in [2.24, 2.45) is 22.2 Å². The van der Waals surface area contributed by atoms with E-state index in [0.717, 1.165) is 22.0 Å². The molecule has 0 radical (unpaired) electrons. The van der Waals surface area contributed by atoms with Crippen LogP contribution in [0, 0.1) is 0 Å². The molecular weight excluding hydrogens is 809 g/mol. The standard InChI is InChI=1S/C44H62N12O7/c1-27(57)51-35(24-28-12-3-2-4-13-28)40(60)54-34-18-10-21-48-38(58)32(17-9-22-49-44(46)47)52-41(61)36(25-29-26-50-31-15-6-5-14-30(29)31)55-39(59)33(16-7-8-20-45)53-42(62)37-19-11-23-56(37)43(34)63/h2-6,12-15,26,32-37,50H,7-11,16-25,45H2,1H3,(H,48,58)(H,51,57)(H,52,61)(H,53,62)(H,54,60)(H,55,59)(H4,46,47,49)/t32-,33+,34?,35-,36-,37-/m0/s1. The van der Waals surface area contributed by atoms with Crippen LogP contribution in [-0.4, -0.2) is 120 Å². The number of amides is 7. The van der Waals surface area contributed by atoms with Crippen LogP contribution in [-0.2, 0) is 46.4 Å². The molecule has 63 heavy (non-hydrogen) atoms. The molecule has 0 spiro atoms. The van der Waals surface area contributed by atoms with Crippen molar-refractivity contribution in [1.29, 1.82) is 0 Å². The molecule has 6 atom stereocenters. The van der Waals surface area contributed by atoms with E-state index in [9.17, 15) is 33.6 Å². The quantitative estimate of drug-likeness (QED) is 0.0530. The molecule has 0 bridgehead atoms. The van der Waals surface area contributed by atoms with Gasteiger partial charge in [0.15, 0.2) is 5.96 Å². The lowest BCUT2D eigenvalue weighted by molar-refractivity contribution is -0.142. The van der Waals surface area contributed by atoms with E-state index in [-0.39, 0.29) is 64.1 Å². The predicted molar refractivity (Wildman–Crippen MR) is 237 cm³/mol. The van der Waals surface area contributed by atoms with Gasteiger partial charge in [0, 0.05) is 56.5 Å². The van der Waals surface area contributed by atoms with Gasteiger partial charge in [-0.25, -0.2) is 0 Å². The minimum atomic E-state index is -1.17. The van der Waals surface area contributed by atoms with E-state index in [1.165, 1.54) is 11.8 Å². The fourth-order valence-corrected chi connectivity index (χ4v) is 8.05. The number of aromatic amines is 1. The molecule has 2 aliphatic rings. The van der Waals surface area contributed by atoms with Crippen LogP contribution in [0.15, 0.2) is 65.8 Å². The smallest absolute Gasteiger partial charge is 0.245 e. The number of hydrogen-bond donors (Lipinski definition) is 10. The van der Waals surface area contributed by atoms with Gasteiger partial charge in [0.05, 0.1) is 0 Å². The molecule has 2 fully saturated rings. The Kier molecular flexibility index (Phi) is 17.8. The molecule has 5 rings (SSSR count). The number of carbonyl (C=O) groups is 7. The molecule has 7 amide bonds. The van der Waals surface area contributed by atoms with Gasteiger partial charge in [-0.05, 0) is 81.5 Å². The third-order valence-corrected chi connectivity index (χ3v) is 11.3. The molecule has 1 aromatic heterocycles. The Bertz CT molecular complexity index is 2090. The number of para-hydroxylation sites is 1. The molecule has 2 aromatic carbocycles. The highest BCUT2D eigenvalue weighted by Crippen LogP contribution is 2.22. The maximum Gasteiger partial charge on any atom is 0.245 e. The average molecular weight is 871 g/mol. The zero-order valence-corrected chi connectivity index (χ0v) is 35.8. The van der Waals surface area contributed by atoms with E-state index >= 15 is 0 Å². The van der Waals surface area contributed by atoms with Crippen LogP contribution in [0.25, 0.3) is 10.9 Å². The highest BCUT2D eigenvalue weighted by atomic mass is 16.2. The fourth-order valence-electron chi connectivity index (χ4n) is 8.05. The molecule has 2 aliphatic heterocycles. The molecular formula is C44H62N12O7. The van der Waals surface area contributed by atoms with Gasteiger partial charge in [-0.1, -0.05) is 48.5 Å². The lowest BCUT2D eigenvalue weighted by Crippen LogP contribution is -2.60. The summed E-state index contributed by atoms with van der Waals surface area (Å²) in [5.74, 6) is -3.98. The van der Waals surface area contributed by atoms with Gasteiger partial charge in [-0.15, -0.1) is 0 Å². The number of H-pyrrole nitrogens is 1. The molecule has 19 heteroatoms. The highest BCUT2D eigenvalue weighted by molar-refractivity contribution is 5.98. The van der Waals surface area contributed by atoms with Crippen LogP contribution >= 0.6 is 0 Å². The van der Waals surface area contributed by atoms with Gasteiger partial charge in [0.2, 0.25) is 41.4 Å². The summed E-state index contributed by atoms with van der Waals surface area (Å²) in [5.41, 5.74) is 19.2. The summed E-state index contributed by atoms with van der Waals surface area (Å²) in [6.45, 7) is 2.12. The van der Waals surface area contributed by atoms with E-state index < -0.39 is 77.6 Å². The van der Waals surface area contributed by atoms with Crippen molar-refractivity contribution < 1.29 is 33.6 Å². The van der Waals surface area contributed by atoms with Gasteiger partial charge in [-0.3, -0.25) is 38.6 Å². The Morgan fingerprint density at radius 3 is 2.25 bits per heavy atom. The topological polar surface area (TPSA) is 301 Å². The van der Waals surface area contributed by atoms with Gasteiger partial charge in [-0.2, -0.15) is 0 Å². The van der Waals surface area contributed by atoms with Crippen molar-refractivity contribution in [3.05, 3.63) is 71.9 Å². The molecule has 3 heterocycles. The van der Waals surface area contributed by atoms with Crippen molar-refractivity contribution >= 4 is 58.2 Å². The number of aliphatic imine (C=N–C) groups is 1. The van der Waals surface area contributed by atoms with Crippen molar-refractivity contribution in [3.63, 3.8) is 0 Å². The zero-order valence-electron chi connectivity index (χ0n) is 35.8. The number of hydrogen-bond acceptors (Lipinski definition) is 9. The first-order chi connectivity index (χ1) is 30.3. The molecule has 2 saturated heterocycles. The molecule has 0 saturated carbocycles. The Labute approximate surface area is 366 Å². The van der Waals surface area contributed by atoms with Crippen LogP contribution in [0.3, 0.4) is 0 Å². The van der Waals surface area contributed by atoms with Crippen molar-refractivity contribution in [1.82, 2.24) is 41.8 Å². The summed E-state index contributed by atoms with van der Waals surface area (Å²) < 4.78 is 0. The number of nitrogens with two attached hydrogens (primary N) is 3. The Morgan fingerprint density at radius 1 is 0.825 bits per heavy atom. The lowest BCUT2D eigenvalue weighted by atomic mass is 10.0. The van der Waals surface area contributed by atoms with Crippen LogP contribution in [0.1, 0.15) is 75.8 Å². The number of unbranched alkanes of at least 4 members (excludes halogenated alkanes) is 1. The van der Waals surface area contributed by atoms with Crippen molar-refractivity contribution in [2.75, 3.05) is 26.2 Å². The number of nitrogens with zero attached hydrogens (tertiary/aromatic N) is 2. The molecule has 3 aromatic rings. The van der Waals surface area contributed by atoms with Gasteiger partial charge >= 0.3 is 0 Å². The molecule has 0 aliphatic carbocycles. The van der Waals surface area contributed by atoms with Gasteiger partial charge < -0.3 is 59.0 Å². The van der Waals surface area contributed by atoms with Crippen molar-refractivity contribution in [2.45, 2.75) is 114 Å². The van der Waals surface area contributed by atoms with E-state index in [0.29, 0.717) is 38.6 Å². The number of nitrogens with one attached hydrogen (secondary N) is 7. The SMILES string of the molecule is CC(=O)N[C@@H](Cc1ccccc1)C(=O)NC1CCCNC(=O)[C@H](CCCN=C(N)N)NC(=O)[C@H](Cc2c[nH]c3ccccc23)NC(=O)[C@@H](CCCCN)NC(=O)[C@@H]2CCCN2C1=O. The van der Waals surface area contributed by atoms with E-state index in [2.05, 4.69) is 41.9 Å². The monoisotopic (exact) mass is 870 g/mol. The summed E-state index contributed by atoms with van der Waals surface area (Å²) in [6, 6.07) is 10.2. The molecule has 13 N–H and O–H groups in total. The minimum Gasteiger partial charge on any atom is -0.370 e. The number of guanidine groups is 1. The Hall–Kier alpha value is -6.50. The summed E-state index contributed by atoms with van der Waals surface area (Å²) in [5, 5.41) is 17.8. The summed E-state index contributed by atoms with van der Waals surface area (Å²) in [4.78, 5) is 106. The summed E-state index contributed by atoms with van der Waals surface area (Å²) in [6.07, 6.45) is 4.75. The molecule has 340 valence electrons. The van der Waals surface area contributed by atoms with Crippen LogP contribution in [0.2, 0.25) is 0 Å². The lowest BCUT2D eigenvalue weighted by Gasteiger charge is -2.31. The van der Waals surface area contributed by atoms with Gasteiger partial charge in [0.1, 0.15) is 36.3 Å². The number of benzene rings is 2. The molecule has 1 unspecified atom stereocenters. The van der Waals surface area contributed by atoms with Crippen LogP contribution in [0.5, 0.6) is 0 Å². The number of carbonyl (C=O) groups excluding carboxylic acids is 7. The zero-order chi connectivity index (χ0) is 45.3. The second-order valence-electron chi connectivity index (χ2n) is 16.1. The van der Waals surface area contributed by atoms with E-state index in [1.807, 2.05) is 54.6 Å². The minimum absolute atomic E-state index is 0.0551. The predicted octanol–water partition coefficient (Wildman–Crippen LogP) is -0.519. The number of fused-ring (bicyclic) bond motifs is 2. The van der Waals surface area contributed by atoms with Crippen LogP contribution in [0.4, 0.5) is 0 Å². The first-order valence-corrected chi connectivity index (χ1v) is 21.8.